The zero-order chi connectivity index (χ0) is 11.1. The molecule has 0 aliphatic rings. The number of para-hydroxylation sites is 1. The minimum absolute atomic E-state index is 0.0580. The first-order chi connectivity index (χ1) is 6.98. The molecule has 1 aromatic heterocycles. The van der Waals surface area contributed by atoms with Crippen molar-refractivity contribution >= 4 is 33.5 Å². The van der Waals surface area contributed by atoms with Crippen LogP contribution in [0.3, 0.4) is 0 Å². The van der Waals surface area contributed by atoms with E-state index in [-0.39, 0.29) is 5.41 Å². The Balaban J connectivity index is 2.83. The summed E-state index contributed by atoms with van der Waals surface area (Å²) in [5.41, 5.74) is 2.21. The third kappa shape index (κ3) is 2.12. The quantitative estimate of drug-likeness (QED) is 0.549. The fourth-order valence-electron chi connectivity index (χ4n) is 1.62. The number of halogens is 1. The Kier molecular flexibility index (Phi) is 2.66. The molecule has 0 unspecified atom stereocenters. The first-order valence-corrected chi connectivity index (χ1v) is 5.99. The second-order valence-corrected chi connectivity index (χ2v) is 5.57. The highest BCUT2D eigenvalue weighted by Gasteiger charge is 2.19. The van der Waals surface area contributed by atoms with E-state index in [9.17, 15) is 0 Å². The van der Waals surface area contributed by atoms with E-state index in [2.05, 4.69) is 59.4 Å². The number of hydrogen-bond donors (Lipinski definition) is 0. The van der Waals surface area contributed by atoms with Gasteiger partial charge in [0.25, 0.3) is 0 Å². The van der Waals surface area contributed by atoms with Crippen molar-refractivity contribution in [2.45, 2.75) is 26.2 Å². The van der Waals surface area contributed by atoms with Gasteiger partial charge in [0.05, 0.1) is 11.2 Å². The van der Waals surface area contributed by atoms with Crippen molar-refractivity contribution in [1.82, 2.24) is 9.97 Å². The number of rotatable bonds is 0. The van der Waals surface area contributed by atoms with Gasteiger partial charge in [0.2, 0.25) is 0 Å². The van der Waals surface area contributed by atoms with Crippen molar-refractivity contribution in [3.05, 3.63) is 33.8 Å². The molecule has 0 fully saturated rings. The molecular formula is C12H13IN2. The van der Waals surface area contributed by atoms with Crippen LogP contribution in [0.5, 0.6) is 0 Å². The van der Waals surface area contributed by atoms with E-state index in [1.165, 1.54) is 0 Å². The van der Waals surface area contributed by atoms with Crippen LogP contribution in [0.1, 0.15) is 26.5 Å². The highest BCUT2D eigenvalue weighted by atomic mass is 127. The van der Waals surface area contributed by atoms with Crippen LogP contribution in [0.15, 0.2) is 24.3 Å². The van der Waals surface area contributed by atoms with Crippen LogP contribution in [0.25, 0.3) is 10.9 Å². The maximum Gasteiger partial charge on any atom is 0.191 e. The van der Waals surface area contributed by atoms with Gasteiger partial charge in [0, 0.05) is 33.4 Å². The third-order valence-corrected chi connectivity index (χ3v) is 2.77. The molecule has 0 amide bonds. The fourth-order valence-corrected chi connectivity index (χ4v) is 2.12. The highest BCUT2D eigenvalue weighted by Crippen LogP contribution is 2.27. The van der Waals surface area contributed by atoms with Crippen LogP contribution in [-0.4, -0.2) is 9.97 Å². The summed E-state index contributed by atoms with van der Waals surface area (Å²) in [5, 5.41) is 1.16. The van der Waals surface area contributed by atoms with Crippen molar-refractivity contribution in [1.29, 1.82) is 0 Å². The molecule has 0 spiro atoms. The molecule has 0 bridgehead atoms. The maximum absolute atomic E-state index is 4.55. The minimum Gasteiger partial charge on any atom is -0.227 e. The third-order valence-electron chi connectivity index (χ3n) is 2.29. The van der Waals surface area contributed by atoms with E-state index < -0.39 is 0 Å². The molecule has 0 atom stereocenters. The van der Waals surface area contributed by atoms with E-state index in [0.29, 0.717) is 0 Å². The smallest absolute Gasteiger partial charge is 0.191 e. The topological polar surface area (TPSA) is 25.8 Å². The lowest BCUT2D eigenvalue weighted by Gasteiger charge is -2.19. The van der Waals surface area contributed by atoms with Crippen LogP contribution in [0.4, 0.5) is 0 Å². The van der Waals surface area contributed by atoms with E-state index >= 15 is 0 Å². The Hall–Kier alpha value is -0.710. The summed E-state index contributed by atoms with van der Waals surface area (Å²) in [6.07, 6.45) is 0. The van der Waals surface area contributed by atoms with E-state index in [1.807, 2.05) is 18.2 Å². The van der Waals surface area contributed by atoms with Crippen LogP contribution >= 0.6 is 22.6 Å². The summed E-state index contributed by atoms with van der Waals surface area (Å²) in [4.78, 5) is 8.97. The lowest BCUT2D eigenvalue weighted by Crippen LogP contribution is -2.15. The molecule has 2 nitrogen and oxygen atoms in total. The van der Waals surface area contributed by atoms with Crippen molar-refractivity contribution in [2.75, 3.05) is 0 Å². The van der Waals surface area contributed by atoms with Crippen molar-refractivity contribution in [2.24, 2.45) is 0 Å². The first-order valence-electron chi connectivity index (χ1n) is 4.91. The van der Waals surface area contributed by atoms with Crippen molar-refractivity contribution in [3.8, 4) is 0 Å². The molecule has 0 saturated carbocycles. The summed E-state index contributed by atoms with van der Waals surface area (Å²) < 4.78 is 0.816. The first kappa shape index (κ1) is 10.8. The summed E-state index contributed by atoms with van der Waals surface area (Å²) in [6.45, 7) is 6.54. The highest BCUT2D eigenvalue weighted by molar-refractivity contribution is 14.1. The number of nitrogens with zero attached hydrogens (tertiary/aromatic N) is 2. The molecule has 0 N–H and O–H groups in total. The van der Waals surface area contributed by atoms with E-state index in [0.717, 1.165) is 20.4 Å². The average molecular weight is 312 g/mol. The molecule has 1 aromatic carbocycles. The molecule has 2 rings (SSSR count). The molecular weight excluding hydrogens is 299 g/mol. The molecule has 1 heterocycles. The normalized spacial score (nSPS) is 12.0. The second-order valence-electron chi connectivity index (χ2n) is 4.61. The molecule has 2 aromatic rings. The van der Waals surface area contributed by atoms with Gasteiger partial charge in [0.1, 0.15) is 0 Å². The monoisotopic (exact) mass is 312 g/mol. The Bertz CT molecular complexity index is 500. The van der Waals surface area contributed by atoms with Crippen LogP contribution in [0.2, 0.25) is 0 Å². The standard InChI is InChI=1S/C12H13IN2/c1-12(2,3)10-8-6-4-5-7-9(8)14-11(13)15-10/h4-7H,1-3H3. The molecule has 0 aliphatic carbocycles. The summed E-state index contributed by atoms with van der Waals surface area (Å²) >= 11 is 2.17. The fraction of sp³-hybridized carbons (Fsp3) is 0.333. The van der Waals surface area contributed by atoms with Gasteiger partial charge in [-0.2, -0.15) is 0 Å². The number of aromatic nitrogens is 2. The number of hydrogen-bond acceptors (Lipinski definition) is 2. The summed E-state index contributed by atoms with van der Waals surface area (Å²) in [6, 6.07) is 8.17. The zero-order valence-corrected chi connectivity index (χ0v) is 11.2. The van der Waals surface area contributed by atoms with E-state index in [1.54, 1.807) is 0 Å². The number of benzene rings is 1. The average Bonchev–Trinajstić information content (AvgIpc) is 2.15. The molecule has 78 valence electrons. The summed E-state index contributed by atoms with van der Waals surface area (Å²) in [7, 11) is 0. The van der Waals surface area contributed by atoms with Gasteiger partial charge in [-0.15, -0.1) is 0 Å². The van der Waals surface area contributed by atoms with Crippen molar-refractivity contribution in [3.63, 3.8) is 0 Å². The molecule has 0 aliphatic heterocycles. The largest absolute Gasteiger partial charge is 0.227 e. The SMILES string of the molecule is CC(C)(C)c1nc(I)nc2ccccc12. The van der Waals surface area contributed by atoms with E-state index in [4.69, 9.17) is 0 Å². The van der Waals surface area contributed by atoms with Crippen LogP contribution < -0.4 is 0 Å². The second kappa shape index (κ2) is 3.70. The lowest BCUT2D eigenvalue weighted by molar-refractivity contribution is 0.572. The predicted octanol–water partition coefficient (Wildman–Crippen LogP) is 3.53. The minimum atomic E-state index is 0.0580. The van der Waals surface area contributed by atoms with Gasteiger partial charge < -0.3 is 0 Å². The van der Waals surface area contributed by atoms with Gasteiger partial charge in [-0.3, -0.25) is 0 Å². The lowest BCUT2D eigenvalue weighted by atomic mass is 9.89. The Morgan fingerprint density at radius 2 is 1.73 bits per heavy atom. The zero-order valence-electron chi connectivity index (χ0n) is 9.08. The van der Waals surface area contributed by atoms with Crippen LogP contribution in [0, 0.1) is 3.83 Å². The molecule has 3 heteroatoms. The van der Waals surface area contributed by atoms with Gasteiger partial charge in [0.15, 0.2) is 3.83 Å². The molecule has 0 radical (unpaired) electrons. The van der Waals surface area contributed by atoms with Gasteiger partial charge in [-0.05, 0) is 6.07 Å². The Morgan fingerprint density at radius 1 is 1.07 bits per heavy atom. The molecule has 15 heavy (non-hydrogen) atoms. The Labute approximate surface area is 103 Å². The summed E-state index contributed by atoms with van der Waals surface area (Å²) in [5.74, 6) is 0. The predicted molar refractivity (Wildman–Crippen MR) is 71.0 cm³/mol. The van der Waals surface area contributed by atoms with Gasteiger partial charge in [-0.25, -0.2) is 9.97 Å². The van der Waals surface area contributed by atoms with Gasteiger partial charge in [-0.1, -0.05) is 39.0 Å². The van der Waals surface area contributed by atoms with Gasteiger partial charge >= 0.3 is 0 Å². The molecule has 0 saturated heterocycles. The van der Waals surface area contributed by atoms with Crippen molar-refractivity contribution < 1.29 is 0 Å². The maximum atomic E-state index is 4.55. The Morgan fingerprint density at radius 3 is 2.40 bits per heavy atom. The number of fused-ring (bicyclic) bond motifs is 1. The van der Waals surface area contributed by atoms with Crippen LogP contribution in [-0.2, 0) is 5.41 Å².